The van der Waals surface area contributed by atoms with Crippen molar-refractivity contribution in [3.63, 3.8) is 0 Å². The average molecular weight is 270 g/mol. The van der Waals surface area contributed by atoms with E-state index in [-0.39, 0.29) is 6.04 Å². The highest BCUT2D eigenvalue weighted by atomic mass is 35.5. The molecule has 2 aromatic carbocycles. The lowest BCUT2D eigenvalue weighted by atomic mass is 10.1. The summed E-state index contributed by atoms with van der Waals surface area (Å²) in [4.78, 5) is 0. The Morgan fingerprint density at radius 3 is 2.58 bits per heavy atom. The van der Waals surface area contributed by atoms with E-state index in [1.807, 2.05) is 47.3 Å². The molecule has 0 amide bonds. The number of nitrogens with zero attached hydrogens (tertiary/aromatic N) is 2. The summed E-state index contributed by atoms with van der Waals surface area (Å²) >= 11 is 6.17. The van der Waals surface area contributed by atoms with E-state index in [2.05, 4.69) is 24.2 Å². The van der Waals surface area contributed by atoms with Gasteiger partial charge < -0.3 is 0 Å². The second-order valence-electron chi connectivity index (χ2n) is 4.50. The van der Waals surface area contributed by atoms with Crippen molar-refractivity contribution in [2.75, 3.05) is 0 Å². The first kappa shape index (κ1) is 12.2. The molecule has 1 heterocycles. The van der Waals surface area contributed by atoms with Crippen molar-refractivity contribution in [2.45, 2.75) is 12.5 Å². The first-order valence-corrected chi connectivity index (χ1v) is 6.65. The van der Waals surface area contributed by atoms with E-state index in [1.165, 1.54) is 5.56 Å². The molecule has 1 atom stereocenters. The van der Waals surface area contributed by atoms with Gasteiger partial charge in [-0.1, -0.05) is 61.0 Å². The Kier molecular flexibility index (Phi) is 3.26. The summed E-state index contributed by atoms with van der Waals surface area (Å²) in [6, 6.07) is 16.3. The van der Waals surface area contributed by atoms with E-state index >= 15 is 0 Å². The number of benzene rings is 2. The largest absolute Gasteiger partial charge is 0.264 e. The highest BCUT2D eigenvalue weighted by Gasteiger charge is 2.14. The zero-order valence-corrected chi connectivity index (χ0v) is 11.2. The topological polar surface area (TPSA) is 17.8 Å². The van der Waals surface area contributed by atoms with Gasteiger partial charge in [0.1, 0.15) is 5.52 Å². The molecule has 0 bridgehead atoms. The molecule has 95 valence electrons. The molecular weight excluding hydrogens is 256 g/mol. The first-order chi connectivity index (χ1) is 9.29. The van der Waals surface area contributed by atoms with Crippen molar-refractivity contribution in [3.8, 4) is 0 Å². The van der Waals surface area contributed by atoms with Gasteiger partial charge in [0.25, 0.3) is 0 Å². The quantitative estimate of drug-likeness (QED) is 0.684. The van der Waals surface area contributed by atoms with Crippen molar-refractivity contribution in [2.24, 2.45) is 0 Å². The molecule has 0 fully saturated rings. The van der Waals surface area contributed by atoms with Crippen molar-refractivity contribution in [1.82, 2.24) is 9.78 Å². The predicted octanol–water partition coefficient (Wildman–Crippen LogP) is 4.50. The molecule has 0 N–H and O–H groups in total. The summed E-state index contributed by atoms with van der Waals surface area (Å²) in [6.45, 7) is 4.04. The lowest BCUT2D eigenvalue weighted by molar-refractivity contribution is 0.532. The number of hydrogen-bond acceptors (Lipinski definition) is 1. The maximum Gasteiger partial charge on any atom is 0.111 e. The Morgan fingerprint density at radius 2 is 1.89 bits per heavy atom. The van der Waals surface area contributed by atoms with Crippen LogP contribution < -0.4 is 0 Å². The van der Waals surface area contributed by atoms with Crippen molar-refractivity contribution in [1.29, 1.82) is 0 Å². The third kappa shape index (κ3) is 2.24. The summed E-state index contributed by atoms with van der Waals surface area (Å²) in [5.41, 5.74) is 2.06. The van der Waals surface area contributed by atoms with Crippen LogP contribution in [0.5, 0.6) is 0 Å². The number of aromatic nitrogens is 2. The van der Waals surface area contributed by atoms with Gasteiger partial charge in [-0.05, 0) is 18.1 Å². The third-order valence-electron chi connectivity index (χ3n) is 3.28. The van der Waals surface area contributed by atoms with Gasteiger partial charge in [-0.15, -0.1) is 0 Å². The van der Waals surface area contributed by atoms with Crippen LogP contribution in [0.4, 0.5) is 0 Å². The molecule has 3 aromatic rings. The SMILES string of the molecule is [CH2]CC(c1ccccc1)n1cc2cccc(Cl)c2n1. The summed E-state index contributed by atoms with van der Waals surface area (Å²) in [6.07, 6.45) is 2.78. The standard InChI is InChI=1S/C16H14ClN2/c1-2-15(12-7-4-3-5-8-12)19-11-13-9-6-10-14(17)16(13)18-19/h3-11,15H,1-2H2. The molecule has 1 unspecified atom stereocenters. The Balaban J connectivity index is 2.09. The fourth-order valence-electron chi connectivity index (χ4n) is 2.32. The molecule has 0 aliphatic heterocycles. The van der Waals surface area contributed by atoms with Crippen LogP contribution >= 0.6 is 11.6 Å². The summed E-state index contributed by atoms with van der Waals surface area (Å²) in [5, 5.41) is 6.35. The Morgan fingerprint density at radius 1 is 1.11 bits per heavy atom. The number of halogens is 1. The maximum atomic E-state index is 6.17. The van der Waals surface area contributed by atoms with E-state index in [0.717, 1.165) is 17.3 Å². The fraction of sp³-hybridized carbons (Fsp3) is 0.125. The molecular formula is C16H14ClN2. The van der Waals surface area contributed by atoms with Crippen LogP contribution in [-0.2, 0) is 0 Å². The van der Waals surface area contributed by atoms with Gasteiger partial charge in [0.2, 0.25) is 0 Å². The fourth-order valence-corrected chi connectivity index (χ4v) is 2.53. The normalized spacial score (nSPS) is 12.7. The van der Waals surface area contributed by atoms with Gasteiger partial charge >= 0.3 is 0 Å². The van der Waals surface area contributed by atoms with Gasteiger partial charge in [0, 0.05) is 11.6 Å². The second-order valence-corrected chi connectivity index (χ2v) is 4.91. The van der Waals surface area contributed by atoms with Crippen molar-refractivity contribution < 1.29 is 0 Å². The van der Waals surface area contributed by atoms with Crippen LogP contribution in [0.3, 0.4) is 0 Å². The van der Waals surface area contributed by atoms with E-state index in [4.69, 9.17) is 11.6 Å². The average Bonchev–Trinajstić information content (AvgIpc) is 2.86. The van der Waals surface area contributed by atoms with Crippen LogP contribution in [0.1, 0.15) is 18.0 Å². The number of hydrogen-bond donors (Lipinski definition) is 0. The minimum absolute atomic E-state index is 0.143. The molecule has 0 saturated heterocycles. The van der Waals surface area contributed by atoms with Crippen LogP contribution in [0.25, 0.3) is 10.9 Å². The lowest BCUT2D eigenvalue weighted by Crippen LogP contribution is -2.10. The first-order valence-electron chi connectivity index (χ1n) is 6.27. The van der Waals surface area contributed by atoms with Gasteiger partial charge in [-0.2, -0.15) is 5.10 Å². The van der Waals surface area contributed by atoms with Crippen molar-refractivity contribution in [3.05, 3.63) is 72.2 Å². The van der Waals surface area contributed by atoms with E-state index in [9.17, 15) is 0 Å². The molecule has 0 saturated carbocycles. The Labute approximate surface area is 117 Å². The number of fused-ring (bicyclic) bond motifs is 1. The predicted molar refractivity (Wildman–Crippen MR) is 79.3 cm³/mol. The van der Waals surface area contributed by atoms with Crippen molar-refractivity contribution >= 4 is 22.5 Å². The maximum absolute atomic E-state index is 6.17. The van der Waals surface area contributed by atoms with Gasteiger partial charge in [0.05, 0.1) is 11.1 Å². The van der Waals surface area contributed by atoms with E-state index in [1.54, 1.807) is 0 Å². The van der Waals surface area contributed by atoms with Crippen LogP contribution in [-0.4, -0.2) is 9.78 Å². The lowest BCUT2D eigenvalue weighted by Gasteiger charge is -2.15. The highest BCUT2D eigenvalue weighted by molar-refractivity contribution is 6.35. The Hall–Kier alpha value is -1.80. The number of rotatable bonds is 3. The van der Waals surface area contributed by atoms with Crippen LogP contribution in [0.15, 0.2) is 54.7 Å². The second kappa shape index (κ2) is 5.06. The highest BCUT2D eigenvalue weighted by Crippen LogP contribution is 2.26. The van der Waals surface area contributed by atoms with Gasteiger partial charge in [-0.3, -0.25) is 4.68 Å². The van der Waals surface area contributed by atoms with Gasteiger partial charge in [0.15, 0.2) is 0 Å². The molecule has 2 nitrogen and oxygen atoms in total. The smallest absolute Gasteiger partial charge is 0.111 e. The molecule has 3 heteroatoms. The minimum Gasteiger partial charge on any atom is -0.264 e. The van der Waals surface area contributed by atoms with Gasteiger partial charge in [-0.25, -0.2) is 0 Å². The zero-order chi connectivity index (χ0) is 13.2. The molecule has 0 aliphatic carbocycles. The zero-order valence-electron chi connectivity index (χ0n) is 10.5. The minimum atomic E-state index is 0.143. The third-order valence-corrected chi connectivity index (χ3v) is 3.59. The summed E-state index contributed by atoms with van der Waals surface area (Å²) in [7, 11) is 0. The summed E-state index contributed by atoms with van der Waals surface area (Å²) in [5.74, 6) is 0. The molecule has 0 aliphatic rings. The molecule has 0 spiro atoms. The van der Waals surface area contributed by atoms with Crippen LogP contribution in [0, 0.1) is 6.92 Å². The molecule has 19 heavy (non-hydrogen) atoms. The van der Waals surface area contributed by atoms with E-state index < -0.39 is 0 Å². The molecule has 1 radical (unpaired) electrons. The summed E-state index contributed by atoms with van der Waals surface area (Å²) < 4.78 is 1.96. The molecule has 1 aromatic heterocycles. The van der Waals surface area contributed by atoms with Crippen LogP contribution in [0.2, 0.25) is 5.02 Å². The van der Waals surface area contributed by atoms with E-state index in [0.29, 0.717) is 5.02 Å². The molecule has 3 rings (SSSR count). The monoisotopic (exact) mass is 269 g/mol. The Bertz CT molecular complexity index is 688.